The van der Waals surface area contributed by atoms with Gasteiger partial charge in [0.05, 0.1) is 10.4 Å². The van der Waals surface area contributed by atoms with Crippen molar-refractivity contribution >= 4 is 23.2 Å². The molecule has 0 spiro atoms. The maximum absolute atomic E-state index is 12.6. The number of hydrogen-bond acceptors (Lipinski definition) is 3. The van der Waals surface area contributed by atoms with Crippen molar-refractivity contribution in [2.24, 2.45) is 0 Å². The number of piperazine rings is 1. The first-order chi connectivity index (χ1) is 11.9. The average molecular weight is 368 g/mol. The summed E-state index contributed by atoms with van der Waals surface area (Å²) in [4.78, 5) is 28.6. The van der Waals surface area contributed by atoms with Crippen LogP contribution in [0.1, 0.15) is 25.6 Å². The third-order valence-corrected chi connectivity index (χ3v) is 4.90. The molecule has 2 aromatic rings. The first-order valence-corrected chi connectivity index (χ1v) is 8.53. The number of alkyl halides is 3. The molecule has 1 aliphatic rings. The van der Waals surface area contributed by atoms with Gasteiger partial charge in [0, 0.05) is 31.7 Å². The lowest BCUT2D eigenvalue weighted by Crippen LogP contribution is -2.50. The van der Waals surface area contributed by atoms with Crippen molar-refractivity contribution in [2.75, 3.05) is 26.2 Å². The van der Waals surface area contributed by atoms with Crippen LogP contribution in [0.5, 0.6) is 0 Å². The van der Waals surface area contributed by atoms with Crippen LogP contribution >= 0.6 is 11.3 Å². The normalized spacial score (nSPS) is 15.3. The predicted molar refractivity (Wildman–Crippen MR) is 87.6 cm³/mol. The molecule has 0 saturated carbocycles. The molecule has 2 amide bonds. The van der Waals surface area contributed by atoms with E-state index in [4.69, 9.17) is 0 Å². The highest BCUT2D eigenvalue weighted by Crippen LogP contribution is 2.29. The fourth-order valence-electron chi connectivity index (χ4n) is 2.65. The Morgan fingerprint density at radius 3 is 1.92 bits per heavy atom. The fraction of sp³-hybridized carbons (Fsp3) is 0.294. The van der Waals surface area contributed by atoms with E-state index in [0.29, 0.717) is 31.1 Å². The van der Waals surface area contributed by atoms with Gasteiger partial charge in [-0.3, -0.25) is 9.59 Å². The number of hydrogen-bond donors (Lipinski definition) is 0. The maximum atomic E-state index is 12.6. The molecule has 1 fully saturated rings. The predicted octanol–water partition coefficient (Wildman–Crippen LogP) is 3.37. The summed E-state index contributed by atoms with van der Waals surface area (Å²) in [5.41, 5.74) is -0.568. The van der Waals surface area contributed by atoms with Crippen molar-refractivity contribution in [2.45, 2.75) is 6.18 Å². The minimum Gasteiger partial charge on any atom is -0.335 e. The molecule has 1 aromatic carbocycles. The first-order valence-electron chi connectivity index (χ1n) is 7.65. The second kappa shape index (κ2) is 6.87. The van der Waals surface area contributed by atoms with Crippen molar-refractivity contribution in [3.8, 4) is 0 Å². The molecule has 0 unspecified atom stereocenters. The number of carbonyl (C=O) groups is 2. The lowest BCUT2D eigenvalue weighted by molar-refractivity contribution is -0.137. The van der Waals surface area contributed by atoms with Crippen LogP contribution in [0.25, 0.3) is 0 Å². The highest BCUT2D eigenvalue weighted by Gasteiger charge is 2.31. The van der Waals surface area contributed by atoms with E-state index in [9.17, 15) is 22.8 Å². The molecule has 0 aliphatic carbocycles. The van der Waals surface area contributed by atoms with Gasteiger partial charge in [0.1, 0.15) is 0 Å². The van der Waals surface area contributed by atoms with Crippen molar-refractivity contribution in [3.05, 3.63) is 57.8 Å². The van der Waals surface area contributed by atoms with Gasteiger partial charge in [-0.25, -0.2) is 0 Å². The Bertz CT molecular complexity index is 749. The molecule has 3 rings (SSSR count). The van der Waals surface area contributed by atoms with Crippen LogP contribution in [0, 0.1) is 0 Å². The third-order valence-electron chi connectivity index (χ3n) is 4.05. The molecule has 2 heterocycles. The van der Waals surface area contributed by atoms with E-state index in [0.717, 1.165) is 12.1 Å². The largest absolute Gasteiger partial charge is 0.416 e. The van der Waals surface area contributed by atoms with Gasteiger partial charge in [0.15, 0.2) is 0 Å². The van der Waals surface area contributed by atoms with Crippen LogP contribution in [0.3, 0.4) is 0 Å². The molecule has 4 nitrogen and oxygen atoms in total. The van der Waals surface area contributed by atoms with E-state index >= 15 is 0 Å². The molecule has 8 heteroatoms. The van der Waals surface area contributed by atoms with Gasteiger partial charge in [-0.15, -0.1) is 11.3 Å². The summed E-state index contributed by atoms with van der Waals surface area (Å²) in [6, 6.07) is 7.76. The number of nitrogens with zero attached hydrogens (tertiary/aromatic N) is 2. The summed E-state index contributed by atoms with van der Waals surface area (Å²) in [6.45, 7) is 1.53. The van der Waals surface area contributed by atoms with Gasteiger partial charge in [-0.1, -0.05) is 6.07 Å². The minimum absolute atomic E-state index is 0.0587. The van der Waals surface area contributed by atoms with Gasteiger partial charge in [-0.05, 0) is 35.7 Å². The SMILES string of the molecule is O=C(c1ccc(C(F)(F)F)cc1)N1CCN(C(=O)c2cccs2)CC1. The zero-order chi connectivity index (χ0) is 18.0. The number of rotatable bonds is 2. The average Bonchev–Trinajstić information content (AvgIpc) is 3.14. The van der Waals surface area contributed by atoms with E-state index in [1.807, 2.05) is 11.4 Å². The quantitative estimate of drug-likeness (QED) is 0.816. The van der Waals surface area contributed by atoms with E-state index < -0.39 is 11.7 Å². The van der Waals surface area contributed by atoms with Gasteiger partial charge in [-0.2, -0.15) is 13.2 Å². The number of halogens is 3. The highest BCUT2D eigenvalue weighted by atomic mass is 32.1. The zero-order valence-corrected chi connectivity index (χ0v) is 13.9. The second-order valence-corrected chi connectivity index (χ2v) is 6.58. The van der Waals surface area contributed by atoms with Gasteiger partial charge in [0.25, 0.3) is 11.8 Å². The summed E-state index contributed by atoms with van der Waals surface area (Å²) in [5, 5.41) is 1.83. The lowest BCUT2D eigenvalue weighted by Gasteiger charge is -2.34. The molecule has 0 atom stereocenters. The van der Waals surface area contributed by atoms with Crippen LogP contribution in [-0.4, -0.2) is 47.8 Å². The molecule has 25 heavy (non-hydrogen) atoms. The second-order valence-electron chi connectivity index (χ2n) is 5.64. The molecule has 0 bridgehead atoms. The van der Waals surface area contributed by atoms with Crippen LogP contribution in [0.2, 0.25) is 0 Å². The summed E-state index contributed by atoms with van der Waals surface area (Å²) in [6.07, 6.45) is -4.42. The molecule has 1 saturated heterocycles. The van der Waals surface area contributed by atoms with E-state index in [-0.39, 0.29) is 17.4 Å². The van der Waals surface area contributed by atoms with Crippen LogP contribution in [0.15, 0.2) is 41.8 Å². The molecular weight excluding hydrogens is 353 g/mol. The molecule has 1 aromatic heterocycles. The molecule has 132 valence electrons. The number of thiophene rings is 1. The van der Waals surface area contributed by atoms with Crippen molar-refractivity contribution < 1.29 is 22.8 Å². The Balaban J connectivity index is 1.61. The fourth-order valence-corrected chi connectivity index (χ4v) is 3.34. The smallest absolute Gasteiger partial charge is 0.335 e. The van der Waals surface area contributed by atoms with Crippen LogP contribution in [-0.2, 0) is 6.18 Å². The van der Waals surface area contributed by atoms with Crippen LogP contribution < -0.4 is 0 Å². The van der Waals surface area contributed by atoms with Gasteiger partial charge < -0.3 is 9.80 Å². The number of carbonyl (C=O) groups excluding carboxylic acids is 2. The van der Waals surface area contributed by atoms with E-state index in [1.54, 1.807) is 15.9 Å². The van der Waals surface area contributed by atoms with Crippen LogP contribution in [0.4, 0.5) is 13.2 Å². The Labute approximate surface area is 146 Å². The van der Waals surface area contributed by atoms with E-state index in [2.05, 4.69) is 0 Å². The van der Waals surface area contributed by atoms with Crippen molar-refractivity contribution in [1.82, 2.24) is 9.80 Å². The zero-order valence-electron chi connectivity index (χ0n) is 13.1. The molecule has 1 aliphatic heterocycles. The van der Waals surface area contributed by atoms with E-state index in [1.165, 1.54) is 23.5 Å². The monoisotopic (exact) mass is 368 g/mol. The molecule has 0 radical (unpaired) electrons. The number of benzene rings is 1. The van der Waals surface area contributed by atoms with Gasteiger partial charge in [0.2, 0.25) is 0 Å². The summed E-state index contributed by atoms with van der Waals surface area (Å²) in [5.74, 6) is -0.381. The number of amides is 2. The maximum Gasteiger partial charge on any atom is 0.416 e. The Morgan fingerprint density at radius 2 is 1.44 bits per heavy atom. The Hall–Kier alpha value is -2.35. The summed E-state index contributed by atoms with van der Waals surface area (Å²) in [7, 11) is 0. The molecule has 0 N–H and O–H groups in total. The van der Waals surface area contributed by atoms with Crippen molar-refractivity contribution in [3.63, 3.8) is 0 Å². The summed E-state index contributed by atoms with van der Waals surface area (Å²) >= 11 is 1.37. The third kappa shape index (κ3) is 3.84. The van der Waals surface area contributed by atoms with Gasteiger partial charge >= 0.3 is 6.18 Å². The molecular formula is C17H15F3N2O2S. The standard InChI is InChI=1S/C17H15F3N2O2S/c18-17(19,20)13-5-3-12(4-6-13)15(23)21-7-9-22(10-8-21)16(24)14-2-1-11-25-14/h1-6,11H,7-10H2. The summed E-state index contributed by atoms with van der Waals surface area (Å²) < 4.78 is 37.7. The minimum atomic E-state index is -4.42. The Kier molecular flexibility index (Phi) is 4.80. The topological polar surface area (TPSA) is 40.6 Å². The highest BCUT2D eigenvalue weighted by molar-refractivity contribution is 7.12. The first kappa shape index (κ1) is 17.5. The van der Waals surface area contributed by atoms with Crippen molar-refractivity contribution in [1.29, 1.82) is 0 Å². The Morgan fingerprint density at radius 1 is 0.880 bits per heavy atom. The lowest BCUT2D eigenvalue weighted by atomic mass is 10.1.